The minimum absolute atomic E-state index is 0.339. The number of nitriles is 1. The number of hydrogen-bond donors (Lipinski definition) is 0. The average molecular weight is 355 g/mol. The van der Waals surface area contributed by atoms with E-state index in [2.05, 4.69) is 15.9 Å². The van der Waals surface area contributed by atoms with E-state index in [9.17, 15) is 4.21 Å². The third-order valence-corrected chi connectivity index (χ3v) is 4.80. The predicted molar refractivity (Wildman–Crippen MR) is 80.4 cm³/mol. The highest BCUT2D eigenvalue weighted by atomic mass is 79.9. The minimum atomic E-state index is -1.15. The van der Waals surface area contributed by atoms with Gasteiger partial charge in [0.15, 0.2) is 0 Å². The number of nitrogens with zero attached hydrogens (tertiary/aromatic N) is 1. The highest BCUT2D eigenvalue weighted by molar-refractivity contribution is 9.10. The monoisotopic (exact) mass is 353 g/mol. The van der Waals surface area contributed by atoms with Crippen LogP contribution in [0, 0.1) is 11.3 Å². The second-order valence-corrected chi connectivity index (χ2v) is 6.64. The van der Waals surface area contributed by atoms with E-state index in [1.54, 1.807) is 18.2 Å². The number of benzene rings is 2. The quantitative estimate of drug-likeness (QED) is 0.825. The summed E-state index contributed by atoms with van der Waals surface area (Å²) >= 11 is 9.41. The van der Waals surface area contributed by atoms with Gasteiger partial charge in [-0.2, -0.15) is 5.26 Å². The Bertz CT molecular complexity index is 664. The van der Waals surface area contributed by atoms with Gasteiger partial charge >= 0.3 is 0 Å². The lowest BCUT2D eigenvalue weighted by atomic mass is 10.2. The average Bonchev–Trinajstić information content (AvgIpc) is 2.41. The Morgan fingerprint density at radius 1 is 1.21 bits per heavy atom. The molecule has 0 radical (unpaired) electrons. The van der Waals surface area contributed by atoms with Crippen molar-refractivity contribution in [2.24, 2.45) is 0 Å². The Kier molecular flexibility index (Phi) is 4.76. The van der Waals surface area contributed by atoms with Crippen molar-refractivity contribution in [2.75, 3.05) is 0 Å². The smallest absolute Gasteiger partial charge is 0.0992 e. The predicted octanol–water partition coefficient (Wildman–Crippen LogP) is 4.28. The molecule has 0 amide bonds. The molecule has 0 aliphatic rings. The van der Waals surface area contributed by atoms with E-state index in [1.165, 1.54) is 0 Å². The molecule has 0 saturated carbocycles. The SMILES string of the molecule is N#Cc1ccc(CS(=O)c2ccc(Br)cc2)c(Cl)c1. The van der Waals surface area contributed by atoms with E-state index < -0.39 is 10.8 Å². The van der Waals surface area contributed by atoms with Crippen molar-refractivity contribution in [3.63, 3.8) is 0 Å². The van der Waals surface area contributed by atoms with Gasteiger partial charge in [0.25, 0.3) is 0 Å². The molecule has 0 aliphatic carbocycles. The lowest BCUT2D eigenvalue weighted by Gasteiger charge is -2.05. The Hall–Kier alpha value is -1.15. The summed E-state index contributed by atoms with van der Waals surface area (Å²) in [6.07, 6.45) is 0. The van der Waals surface area contributed by atoms with E-state index in [-0.39, 0.29) is 0 Å². The zero-order valence-electron chi connectivity index (χ0n) is 9.77. The van der Waals surface area contributed by atoms with Crippen LogP contribution < -0.4 is 0 Å². The summed E-state index contributed by atoms with van der Waals surface area (Å²) < 4.78 is 13.2. The summed E-state index contributed by atoms with van der Waals surface area (Å²) in [7, 11) is -1.15. The van der Waals surface area contributed by atoms with Gasteiger partial charge in [-0.05, 0) is 42.0 Å². The van der Waals surface area contributed by atoms with Crippen LogP contribution in [-0.2, 0) is 16.6 Å². The molecule has 0 N–H and O–H groups in total. The number of halogens is 2. The number of hydrogen-bond acceptors (Lipinski definition) is 2. The van der Waals surface area contributed by atoms with Crippen LogP contribution in [0.25, 0.3) is 0 Å². The van der Waals surface area contributed by atoms with Crippen LogP contribution in [0.15, 0.2) is 51.8 Å². The van der Waals surface area contributed by atoms with E-state index in [0.29, 0.717) is 16.3 Å². The molecule has 5 heteroatoms. The van der Waals surface area contributed by atoms with Crippen LogP contribution in [0.2, 0.25) is 5.02 Å². The molecule has 0 saturated heterocycles. The Morgan fingerprint density at radius 2 is 1.89 bits per heavy atom. The van der Waals surface area contributed by atoms with Gasteiger partial charge in [-0.25, -0.2) is 0 Å². The van der Waals surface area contributed by atoms with Crippen LogP contribution in [0.4, 0.5) is 0 Å². The summed E-state index contributed by atoms with van der Waals surface area (Å²) in [5, 5.41) is 9.24. The van der Waals surface area contributed by atoms with Crippen molar-refractivity contribution in [3.05, 3.63) is 63.1 Å². The largest absolute Gasteiger partial charge is 0.254 e. The van der Waals surface area contributed by atoms with Gasteiger partial charge in [0.1, 0.15) is 0 Å². The van der Waals surface area contributed by atoms with Crippen molar-refractivity contribution >= 4 is 38.3 Å². The van der Waals surface area contributed by atoms with Gasteiger partial charge in [0.2, 0.25) is 0 Å². The topological polar surface area (TPSA) is 40.9 Å². The molecule has 2 nitrogen and oxygen atoms in total. The Labute approximate surface area is 127 Å². The zero-order chi connectivity index (χ0) is 13.8. The fourth-order valence-electron chi connectivity index (χ4n) is 1.54. The standard InChI is InChI=1S/C14H9BrClNOS/c15-12-3-5-13(6-4-12)19(18)9-11-2-1-10(8-17)7-14(11)16/h1-7H,9H2. The van der Waals surface area contributed by atoms with Crippen molar-refractivity contribution in [3.8, 4) is 6.07 Å². The summed E-state index contributed by atoms with van der Waals surface area (Å²) in [6, 6.07) is 14.4. The molecule has 0 spiro atoms. The molecular formula is C14H9BrClNOS. The first kappa shape index (κ1) is 14.3. The molecule has 96 valence electrons. The van der Waals surface area contributed by atoms with Gasteiger partial charge < -0.3 is 0 Å². The summed E-state index contributed by atoms with van der Waals surface area (Å²) in [5.74, 6) is 0.339. The van der Waals surface area contributed by atoms with E-state index >= 15 is 0 Å². The second-order valence-electron chi connectivity index (χ2n) is 3.86. The molecule has 0 fully saturated rings. The summed E-state index contributed by atoms with van der Waals surface area (Å²) in [6.45, 7) is 0. The van der Waals surface area contributed by atoms with Crippen LogP contribution in [-0.4, -0.2) is 4.21 Å². The molecule has 1 unspecified atom stereocenters. The van der Waals surface area contributed by atoms with Crippen molar-refractivity contribution in [1.82, 2.24) is 0 Å². The van der Waals surface area contributed by atoms with Crippen LogP contribution >= 0.6 is 27.5 Å². The highest BCUT2D eigenvalue weighted by Crippen LogP contribution is 2.22. The van der Waals surface area contributed by atoms with Crippen molar-refractivity contribution in [2.45, 2.75) is 10.6 Å². The van der Waals surface area contributed by atoms with Crippen LogP contribution in [0.1, 0.15) is 11.1 Å². The van der Waals surface area contributed by atoms with Crippen molar-refractivity contribution in [1.29, 1.82) is 5.26 Å². The first-order valence-electron chi connectivity index (χ1n) is 5.42. The maximum absolute atomic E-state index is 12.2. The van der Waals surface area contributed by atoms with Crippen LogP contribution in [0.5, 0.6) is 0 Å². The van der Waals surface area contributed by atoms with E-state index in [0.717, 1.165) is 14.9 Å². The molecular weight excluding hydrogens is 346 g/mol. The lowest BCUT2D eigenvalue weighted by molar-refractivity contribution is 0.682. The van der Waals surface area contributed by atoms with Gasteiger partial charge in [-0.3, -0.25) is 4.21 Å². The van der Waals surface area contributed by atoms with E-state index in [1.807, 2.05) is 30.3 Å². The Balaban J connectivity index is 2.20. The molecule has 19 heavy (non-hydrogen) atoms. The molecule has 2 aromatic carbocycles. The summed E-state index contributed by atoms with van der Waals surface area (Å²) in [4.78, 5) is 0.753. The minimum Gasteiger partial charge on any atom is -0.254 e. The zero-order valence-corrected chi connectivity index (χ0v) is 12.9. The van der Waals surface area contributed by atoms with Gasteiger partial charge in [-0.1, -0.05) is 33.6 Å². The molecule has 0 bridgehead atoms. The lowest BCUT2D eigenvalue weighted by Crippen LogP contribution is -1.97. The number of rotatable bonds is 3. The molecule has 0 aliphatic heterocycles. The maximum Gasteiger partial charge on any atom is 0.0992 e. The molecule has 0 heterocycles. The third kappa shape index (κ3) is 3.66. The highest BCUT2D eigenvalue weighted by Gasteiger charge is 2.08. The molecule has 1 atom stereocenters. The van der Waals surface area contributed by atoms with Crippen molar-refractivity contribution < 1.29 is 4.21 Å². The molecule has 0 aromatic heterocycles. The second kappa shape index (κ2) is 6.33. The fourth-order valence-corrected chi connectivity index (χ4v) is 3.28. The summed E-state index contributed by atoms with van der Waals surface area (Å²) in [5.41, 5.74) is 1.28. The maximum atomic E-state index is 12.2. The first-order chi connectivity index (χ1) is 9.10. The van der Waals surface area contributed by atoms with Gasteiger partial charge in [-0.15, -0.1) is 0 Å². The molecule has 2 rings (SSSR count). The van der Waals surface area contributed by atoms with Gasteiger partial charge in [0.05, 0.1) is 28.2 Å². The van der Waals surface area contributed by atoms with Crippen LogP contribution in [0.3, 0.4) is 0 Å². The normalized spacial score (nSPS) is 11.8. The first-order valence-corrected chi connectivity index (χ1v) is 7.91. The third-order valence-electron chi connectivity index (χ3n) is 2.55. The van der Waals surface area contributed by atoms with E-state index in [4.69, 9.17) is 16.9 Å². The Morgan fingerprint density at radius 3 is 2.47 bits per heavy atom. The fraction of sp³-hybridized carbons (Fsp3) is 0.0714. The van der Waals surface area contributed by atoms with Gasteiger partial charge in [0, 0.05) is 14.4 Å². The molecule has 2 aromatic rings.